The monoisotopic (exact) mass is 234 g/mol. The minimum absolute atomic E-state index is 0.171. The van der Waals surface area contributed by atoms with Gasteiger partial charge in [-0.3, -0.25) is 9.36 Å². The molecule has 3 nitrogen and oxygen atoms in total. The number of fused-ring (bicyclic) bond motifs is 2. The lowest BCUT2D eigenvalue weighted by molar-refractivity contribution is 0.501. The van der Waals surface area contributed by atoms with Crippen molar-refractivity contribution in [1.29, 1.82) is 0 Å². The Balaban J connectivity index is 2.32. The average Bonchev–Trinajstić information content (AvgIpc) is 2.73. The predicted octanol–water partition coefficient (Wildman–Crippen LogP) is 2.36. The van der Waals surface area contributed by atoms with E-state index >= 15 is 0 Å². The first-order valence-electron chi connectivity index (χ1n) is 5.81. The molecule has 3 rings (SSSR count). The molecular weight excluding hydrogens is 220 g/mol. The lowest BCUT2D eigenvalue weighted by atomic mass is 10.1. The number of nitrogens with zero attached hydrogens (tertiary/aromatic N) is 2. The van der Waals surface area contributed by atoms with Crippen LogP contribution in [0.4, 0.5) is 0 Å². The van der Waals surface area contributed by atoms with Gasteiger partial charge in [-0.1, -0.05) is 6.92 Å². The van der Waals surface area contributed by atoms with Gasteiger partial charge in [0.1, 0.15) is 10.5 Å². The maximum absolute atomic E-state index is 12.2. The van der Waals surface area contributed by atoms with E-state index < -0.39 is 0 Å². The summed E-state index contributed by atoms with van der Waals surface area (Å²) in [5.74, 6) is 0.976. The van der Waals surface area contributed by atoms with E-state index in [1.165, 1.54) is 4.88 Å². The highest BCUT2D eigenvalue weighted by Gasteiger charge is 2.16. The highest BCUT2D eigenvalue weighted by molar-refractivity contribution is 7.18. The fraction of sp³-hybridized carbons (Fsp3) is 0.500. The van der Waals surface area contributed by atoms with Crippen molar-refractivity contribution < 1.29 is 0 Å². The summed E-state index contributed by atoms with van der Waals surface area (Å²) in [6.07, 6.45) is 4.19. The van der Waals surface area contributed by atoms with Crippen molar-refractivity contribution in [2.45, 2.75) is 39.2 Å². The fourth-order valence-corrected chi connectivity index (χ4v) is 3.24. The van der Waals surface area contributed by atoms with Gasteiger partial charge in [0.15, 0.2) is 0 Å². The van der Waals surface area contributed by atoms with Gasteiger partial charge in [0.2, 0.25) is 0 Å². The molecular formula is C12H14N2OS. The zero-order valence-electron chi connectivity index (χ0n) is 9.32. The smallest absolute Gasteiger partial charge is 0.271 e. The molecule has 16 heavy (non-hydrogen) atoms. The molecule has 0 radical (unpaired) electrons. The largest absolute Gasteiger partial charge is 0.295 e. The van der Waals surface area contributed by atoms with Crippen LogP contribution in [-0.4, -0.2) is 9.55 Å². The van der Waals surface area contributed by atoms with Gasteiger partial charge in [-0.2, -0.15) is 0 Å². The van der Waals surface area contributed by atoms with Crippen LogP contribution in [0.5, 0.6) is 0 Å². The van der Waals surface area contributed by atoms with Gasteiger partial charge in [0.25, 0.3) is 5.56 Å². The van der Waals surface area contributed by atoms with Crippen molar-refractivity contribution in [3.8, 4) is 0 Å². The molecule has 0 bridgehead atoms. The van der Waals surface area contributed by atoms with Crippen LogP contribution in [0.3, 0.4) is 0 Å². The second-order valence-corrected chi connectivity index (χ2v) is 5.36. The van der Waals surface area contributed by atoms with Crippen molar-refractivity contribution >= 4 is 21.6 Å². The number of aryl methyl sites for hydroxylation is 2. The highest BCUT2D eigenvalue weighted by Crippen LogP contribution is 2.23. The molecule has 0 amide bonds. The summed E-state index contributed by atoms with van der Waals surface area (Å²) in [6, 6.07) is 2.07. The standard InChI is InChI=1S/C12H14N2OS/c1-2-8-7-9-11(16-8)12(15)14-6-4-3-5-10(14)13-9/h7H,2-6H2,1H3. The summed E-state index contributed by atoms with van der Waals surface area (Å²) >= 11 is 1.60. The lowest BCUT2D eigenvalue weighted by Crippen LogP contribution is -2.27. The van der Waals surface area contributed by atoms with E-state index in [4.69, 9.17) is 0 Å². The Bertz CT molecular complexity index is 597. The molecule has 0 unspecified atom stereocenters. The molecule has 0 aliphatic carbocycles. The first kappa shape index (κ1) is 10.0. The zero-order chi connectivity index (χ0) is 11.1. The van der Waals surface area contributed by atoms with Gasteiger partial charge in [-0.15, -0.1) is 11.3 Å². The Labute approximate surface area is 97.7 Å². The Morgan fingerprint density at radius 3 is 3.19 bits per heavy atom. The first-order chi connectivity index (χ1) is 7.79. The molecule has 1 aliphatic rings. The third-order valence-electron chi connectivity index (χ3n) is 3.14. The van der Waals surface area contributed by atoms with Crippen molar-refractivity contribution in [2.24, 2.45) is 0 Å². The molecule has 0 fully saturated rings. The third-order valence-corrected chi connectivity index (χ3v) is 4.40. The van der Waals surface area contributed by atoms with Crippen LogP contribution in [0, 0.1) is 0 Å². The van der Waals surface area contributed by atoms with Crippen molar-refractivity contribution in [3.63, 3.8) is 0 Å². The number of hydrogen-bond donors (Lipinski definition) is 0. The van der Waals surface area contributed by atoms with Crippen LogP contribution in [0.1, 0.15) is 30.5 Å². The molecule has 0 aromatic carbocycles. The van der Waals surface area contributed by atoms with Gasteiger partial charge >= 0.3 is 0 Å². The van der Waals surface area contributed by atoms with E-state index in [1.54, 1.807) is 11.3 Å². The Morgan fingerprint density at radius 2 is 2.38 bits per heavy atom. The van der Waals surface area contributed by atoms with Crippen LogP contribution in [-0.2, 0) is 19.4 Å². The molecule has 0 saturated heterocycles. The minimum atomic E-state index is 0.171. The van der Waals surface area contributed by atoms with E-state index in [-0.39, 0.29) is 5.56 Å². The Hall–Kier alpha value is -1.16. The van der Waals surface area contributed by atoms with Gasteiger partial charge in [0.05, 0.1) is 5.52 Å². The summed E-state index contributed by atoms with van der Waals surface area (Å²) in [6.45, 7) is 2.96. The maximum atomic E-state index is 12.2. The molecule has 0 spiro atoms. The van der Waals surface area contributed by atoms with Crippen LogP contribution < -0.4 is 5.56 Å². The van der Waals surface area contributed by atoms with E-state index in [0.717, 1.165) is 48.3 Å². The summed E-state index contributed by atoms with van der Waals surface area (Å²) in [4.78, 5) is 18.1. The molecule has 0 saturated carbocycles. The number of hydrogen-bond acceptors (Lipinski definition) is 3. The Kier molecular flexibility index (Phi) is 2.32. The molecule has 1 aliphatic heterocycles. The van der Waals surface area contributed by atoms with E-state index in [1.807, 2.05) is 4.57 Å². The molecule has 4 heteroatoms. The molecule has 0 atom stereocenters. The average molecular weight is 234 g/mol. The molecule has 84 valence electrons. The number of aromatic nitrogens is 2. The second kappa shape index (κ2) is 3.70. The normalized spacial score (nSPS) is 15.3. The number of rotatable bonds is 1. The molecule has 0 N–H and O–H groups in total. The van der Waals surface area contributed by atoms with Crippen LogP contribution in [0.2, 0.25) is 0 Å². The second-order valence-electron chi connectivity index (χ2n) is 4.22. The van der Waals surface area contributed by atoms with Gasteiger partial charge in [-0.25, -0.2) is 4.98 Å². The summed E-state index contributed by atoms with van der Waals surface area (Å²) < 4.78 is 2.70. The van der Waals surface area contributed by atoms with E-state index in [9.17, 15) is 4.79 Å². The quantitative estimate of drug-likeness (QED) is 0.759. The summed E-state index contributed by atoms with van der Waals surface area (Å²) in [7, 11) is 0. The SMILES string of the molecule is CCc1cc2nc3n(c(=O)c2s1)CCCC3. The zero-order valence-corrected chi connectivity index (χ0v) is 10.1. The van der Waals surface area contributed by atoms with Gasteiger partial charge in [-0.05, 0) is 25.3 Å². The van der Waals surface area contributed by atoms with Crippen LogP contribution in [0.25, 0.3) is 10.2 Å². The molecule has 2 aromatic heterocycles. The van der Waals surface area contributed by atoms with Crippen LogP contribution in [0.15, 0.2) is 10.9 Å². The maximum Gasteiger partial charge on any atom is 0.271 e. The molecule has 2 aromatic rings. The van der Waals surface area contributed by atoms with Crippen molar-refractivity contribution in [3.05, 3.63) is 27.1 Å². The van der Waals surface area contributed by atoms with E-state index in [0.29, 0.717) is 0 Å². The van der Waals surface area contributed by atoms with E-state index in [2.05, 4.69) is 18.0 Å². The third kappa shape index (κ3) is 1.40. The van der Waals surface area contributed by atoms with Crippen LogP contribution >= 0.6 is 11.3 Å². The van der Waals surface area contributed by atoms with Crippen molar-refractivity contribution in [2.75, 3.05) is 0 Å². The van der Waals surface area contributed by atoms with Crippen molar-refractivity contribution in [1.82, 2.24) is 9.55 Å². The molecule has 3 heterocycles. The number of thiophene rings is 1. The lowest BCUT2D eigenvalue weighted by Gasteiger charge is -2.16. The Morgan fingerprint density at radius 1 is 1.50 bits per heavy atom. The fourth-order valence-electron chi connectivity index (χ4n) is 2.26. The first-order valence-corrected chi connectivity index (χ1v) is 6.63. The predicted molar refractivity (Wildman–Crippen MR) is 66.2 cm³/mol. The summed E-state index contributed by atoms with van der Waals surface area (Å²) in [5, 5.41) is 0. The highest BCUT2D eigenvalue weighted by atomic mass is 32.1. The minimum Gasteiger partial charge on any atom is -0.295 e. The topological polar surface area (TPSA) is 34.9 Å². The van der Waals surface area contributed by atoms with Gasteiger partial charge in [0, 0.05) is 17.8 Å². The summed E-state index contributed by atoms with van der Waals surface area (Å²) in [5.41, 5.74) is 1.07. The van der Waals surface area contributed by atoms with Gasteiger partial charge < -0.3 is 0 Å².